The third-order valence-electron chi connectivity index (χ3n) is 3.65. The first kappa shape index (κ1) is 20.6. The molecule has 0 aliphatic carbocycles. The quantitative estimate of drug-likeness (QED) is 0.352. The minimum absolute atomic E-state index is 0.203. The van der Waals surface area contributed by atoms with Crippen molar-refractivity contribution in [1.29, 1.82) is 0 Å². The number of hydrogen-bond donors (Lipinski definition) is 0. The molecule has 0 saturated carbocycles. The summed E-state index contributed by atoms with van der Waals surface area (Å²) in [5.41, 5.74) is 1.92. The normalized spacial score (nSPS) is 11.8. The largest absolute Gasteiger partial charge is 0.469 e. The number of hydrogen-bond acceptors (Lipinski definition) is 4. The van der Waals surface area contributed by atoms with Crippen molar-refractivity contribution in [3.63, 3.8) is 0 Å². The Balaban J connectivity index is 3.03. The van der Waals surface area contributed by atoms with E-state index in [1.54, 1.807) is 0 Å². The second-order valence-corrected chi connectivity index (χ2v) is 7.72. The highest BCUT2D eigenvalue weighted by molar-refractivity contribution is 9.10. The van der Waals surface area contributed by atoms with E-state index in [1.807, 2.05) is 19.2 Å². The van der Waals surface area contributed by atoms with Gasteiger partial charge in [0.25, 0.3) is 0 Å². The van der Waals surface area contributed by atoms with Crippen LogP contribution in [0.4, 0.5) is 0 Å². The molecule has 1 rings (SSSR count). The average Bonchev–Trinajstić information content (AvgIpc) is 2.53. The molecule has 7 heteroatoms. The van der Waals surface area contributed by atoms with Crippen LogP contribution >= 0.6 is 15.9 Å². The maximum Gasteiger partial charge on any atom is 0.305 e. The molecular formula is C16H23BrO4Si2. The Morgan fingerprint density at radius 2 is 1.87 bits per heavy atom. The summed E-state index contributed by atoms with van der Waals surface area (Å²) in [7, 11) is 2.14. The number of benzene rings is 1. The van der Waals surface area contributed by atoms with Gasteiger partial charge in [0.15, 0.2) is 0 Å². The van der Waals surface area contributed by atoms with Crippen LogP contribution in [-0.2, 0) is 30.2 Å². The molecule has 0 heterocycles. The van der Waals surface area contributed by atoms with Crippen LogP contribution < -0.4 is 0 Å². The van der Waals surface area contributed by atoms with Crippen LogP contribution in [0.25, 0.3) is 0 Å². The van der Waals surface area contributed by atoms with Crippen LogP contribution in [0.15, 0.2) is 22.7 Å². The molecule has 1 aromatic carbocycles. The van der Waals surface area contributed by atoms with E-state index in [1.165, 1.54) is 7.11 Å². The molecule has 0 fully saturated rings. The summed E-state index contributed by atoms with van der Waals surface area (Å²) < 4.78 is 17.3. The lowest BCUT2D eigenvalue weighted by molar-refractivity contribution is -0.140. The summed E-state index contributed by atoms with van der Waals surface area (Å²) in [4.78, 5) is 11.4. The highest BCUT2D eigenvalue weighted by Gasteiger charge is 2.32. The van der Waals surface area contributed by atoms with Crippen LogP contribution in [-0.4, -0.2) is 38.9 Å². The SMILES string of the molecule is COC(=O)CCc1cc(C(C)(C)C(O[Si]C)O[Si]C)ccc1Br. The molecule has 0 unspecified atom stereocenters. The minimum Gasteiger partial charge on any atom is -0.469 e. The Morgan fingerprint density at radius 1 is 1.26 bits per heavy atom. The lowest BCUT2D eigenvalue weighted by Crippen LogP contribution is -2.39. The Kier molecular flexibility index (Phi) is 8.70. The van der Waals surface area contributed by atoms with Crippen LogP contribution in [0, 0.1) is 0 Å². The molecule has 0 aliphatic rings. The molecule has 0 spiro atoms. The monoisotopic (exact) mass is 414 g/mol. The number of esters is 1. The van der Waals surface area contributed by atoms with Gasteiger partial charge in [0, 0.05) is 16.3 Å². The van der Waals surface area contributed by atoms with Gasteiger partial charge in [0.05, 0.1) is 7.11 Å². The molecule has 0 amide bonds. The molecule has 0 saturated heterocycles. The third kappa shape index (κ3) is 5.83. The third-order valence-corrected chi connectivity index (χ3v) is 5.33. The van der Waals surface area contributed by atoms with E-state index in [4.69, 9.17) is 13.6 Å². The number of ether oxygens (including phenoxy) is 1. The van der Waals surface area contributed by atoms with Crippen molar-refractivity contribution in [2.24, 2.45) is 0 Å². The highest BCUT2D eigenvalue weighted by Crippen LogP contribution is 2.32. The number of methoxy groups -OCH3 is 1. The van der Waals surface area contributed by atoms with Gasteiger partial charge in [-0.1, -0.05) is 41.9 Å². The van der Waals surface area contributed by atoms with Gasteiger partial charge >= 0.3 is 5.97 Å². The number of carbonyl (C=O) groups excluding carboxylic acids is 1. The van der Waals surface area contributed by atoms with Gasteiger partial charge in [-0.15, -0.1) is 0 Å². The van der Waals surface area contributed by atoms with Crippen LogP contribution in [0.2, 0.25) is 13.1 Å². The summed E-state index contributed by atoms with van der Waals surface area (Å²) in [6, 6.07) is 6.20. The zero-order valence-corrected chi connectivity index (χ0v) is 17.8. The van der Waals surface area contributed by atoms with Crippen LogP contribution in [0.1, 0.15) is 31.4 Å². The molecule has 4 radical (unpaired) electrons. The first-order valence-corrected chi connectivity index (χ1v) is 11.0. The molecule has 0 N–H and O–H groups in total. The van der Waals surface area contributed by atoms with Crippen LogP contribution in [0.3, 0.4) is 0 Å². The molecule has 1 aromatic rings. The van der Waals surface area contributed by atoms with Crippen molar-refractivity contribution in [2.45, 2.75) is 51.5 Å². The Labute approximate surface area is 152 Å². The standard InChI is InChI=1S/C16H23BrO4Si2/c1-16(2,15(20-22-4)21-23-5)12-7-8-13(17)11(10-12)6-9-14(18)19-3/h7-8,10,15H,6,9H2,1-5H3. The van der Waals surface area contributed by atoms with Gasteiger partial charge in [0.1, 0.15) is 6.29 Å². The Bertz CT molecular complexity index is 517. The molecule has 4 nitrogen and oxygen atoms in total. The summed E-state index contributed by atoms with van der Waals surface area (Å²) in [6.45, 7) is 8.22. The van der Waals surface area contributed by atoms with Crippen molar-refractivity contribution < 1.29 is 18.4 Å². The van der Waals surface area contributed by atoms with Gasteiger partial charge < -0.3 is 13.6 Å². The molecule has 0 aromatic heterocycles. The molecule has 0 bridgehead atoms. The number of carbonyl (C=O) groups is 1. The maximum atomic E-state index is 11.4. The summed E-state index contributed by atoms with van der Waals surface area (Å²) in [6.07, 6.45) is 0.709. The van der Waals surface area contributed by atoms with Crippen molar-refractivity contribution in [2.75, 3.05) is 7.11 Å². The van der Waals surface area contributed by atoms with Gasteiger partial charge in [-0.05, 0) is 36.7 Å². The van der Waals surface area contributed by atoms with Crippen molar-refractivity contribution in [3.8, 4) is 0 Å². The van der Waals surface area contributed by atoms with Gasteiger partial charge in [-0.25, -0.2) is 0 Å². The minimum atomic E-state index is -0.288. The fourth-order valence-electron chi connectivity index (χ4n) is 2.17. The summed E-state index contributed by atoms with van der Waals surface area (Å²) in [5, 5.41) is 0. The Hall–Kier alpha value is -0.476. The maximum absolute atomic E-state index is 11.4. The van der Waals surface area contributed by atoms with Gasteiger partial charge in [0.2, 0.25) is 19.5 Å². The summed E-state index contributed by atoms with van der Waals surface area (Å²) in [5.74, 6) is -0.203. The summed E-state index contributed by atoms with van der Waals surface area (Å²) >= 11 is 3.56. The number of halogens is 1. The van der Waals surface area contributed by atoms with Crippen LogP contribution in [0.5, 0.6) is 0 Å². The van der Waals surface area contributed by atoms with Crippen molar-refractivity contribution in [1.82, 2.24) is 0 Å². The first-order chi connectivity index (χ1) is 10.9. The van der Waals surface area contributed by atoms with E-state index in [2.05, 4.69) is 41.9 Å². The van der Waals surface area contributed by atoms with E-state index in [-0.39, 0.29) is 17.7 Å². The zero-order valence-electron chi connectivity index (χ0n) is 14.2. The van der Waals surface area contributed by atoms with Crippen molar-refractivity contribution >= 4 is 41.4 Å². The topological polar surface area (TPSA) is 44.8 Å². The molecule has 126 valence electrons. The lowest BCUT2D eigenvalue weighted by atomic mass is 9.83. The fraction of sp³-hybridized carbons (Fsp3) is 0.562. The van der Waals surface area contributed by atoms with Gasteiger partial charge in [-0.2, -0.15) is 0 Å². The predicted molar refractivity (Wildman–Crippen MR) is 96.7 cm³/mol. The second-order valence-electron chi connectivity index (χ2n) is 5.58. The first-order valence-electron chi connectivity index (χ1n) is 7.37. The zero-order chi connectivity index (χ0) is 17.5. The fourth-order valence-corrected chi connectivity index (χ4v) is 3.83. The molecule has 23 heavy (non-hydrogen) atoms. The molecule has 0 aliphatic heterocycles. The van der Waals surface area contributed by atoms with E-state index < -0.39 is 0 Å². The highest BCUT2D eigenvalue weighted by atomic mass is 79.9. The number of aryl methyl sites for hydroxylation is 1. The Morgan fingerprint density at radius 3 is 2.39 bits per heavy atom. The van der Waals surface area contributed by atoms with Gasteiger partial charge in [-0.3, -0.25) is 4.79 Å². The smallest absolute Gasteiger partial charge is 0.305 e. The second kappa shape index (κ2) is 9.73. The predicted octanol–water partition coefficient (Wildman–Crippen LogP) is 3.53. The van der Waals surface area contributed by atoms with E-state index in [9.17, 15) is 4.79 Å². The lowest BCUT2D eigenvalue weighted by Gasteiger charge is -2.35. The van der Waals surface area contributed by atoms with E-state index in [0.29, 0.717) is 32.4 Å². The van der Waals surface area contributed by atoms with E-state index >= 15 is 0 Å². The molecular weight excluding hydrogens is 392 g/mol. The molecule has 0 atom stereocenters. The average molecular weight is 415 g/mol. The number of rotatable bonds is 9. The van der Waals surface area contributed by atoms with Crippen molar-refractivity contribution in [3.05, 3.63) is 33.8 Å². The van der Waals surface area contributed by atoms with E-state index in [0.717, 1.165) is 15.6 Å².